The van der Waals surface area contributed by atoms with Crippen LogP contribution in [0.2, 0.25) is 0 Å². The van der Waals surface area contributed by atoms with Crippen molar-refractivity contribution in [3.63, 3.8) is 0 Å². The second kappa shape index (κ2) is 7.36. The third kappa shape index (κ3) is 3.37. The molecule has 0 aliphatic heterocycles. The van der Waals surface area contributed by atoms with Gasteiger partial charge in [0.05, 0.1) is 16.9 Å². The monoisotopic (exact) mass is 355 g/mol. The highest BCUT2D eigenvalue weighted by Crippen LogP contribution is 2.33. The van der Waals surface area contributed by atoms with E-state index in [2.05, 4.69) is 78.7 Å². The van der Waals surface area contributed by atoms with Crippen molar-refractivity contribution >= 4 is 10.9 Å². The maximum absolute atomic E-state index is 4.68. The van der Waals surface area contributed by atoms with Crippen LogP contribution in [0, 0.1) is 6.92 Å². The van der Waals surface area contributed by atoms with E-state index in [0.717, 1.165) is 29.4 Å². The highest BCUT2D eigenvalue weighted by Gasteiger charge is 2.15. The molecule has 0 amide bonds. The van der Waals surface area contributed by atoms with Crippen molar-refractivity contribution in [1.82, 2.24) is 14.8 Å². The third-order valence-corrected chi connectivity index (χ3v) is 5.36. The summed E-state index contributed by atoms with van der Waals surface area (Å²) < 4.78 is 2.02. The zero-order valence-corrected chi connectivity index (χ0v) is 16.2. The molecule has 4 aromatic rings. The van der Waals surface area contributed by atoms with Crippen LogP contribution in [0.3, 0.4) is 0 Å². The number of fused-ring (bicyclic) bond motifs is 1. The molecule has 0 atom stereocenters. The second-order valence-electron chi connectivity index (χ2n) is 7.10. The van der Waals surface area contributed by atoms with E-state index in [1.165, 1.54) is 22.4 Å². The second-order valence-corrected chi connectivity index (χ2v) is 7.10. The minimum Gasteiger partial charge on any atom is -0.256 e. The van der Waals surface area contributed by atoms with Gasteiger partial charge in [0.1, 0.15) is 0 Å². The zero-order valence-electron chi connectivity index (χ0n) is 16.2. The third-order valence-electron chi connectivity index (χ3n) is 5.36. The fraction of sp³-hybridized carbons (Fsp3) is 0.250. The van der Waals surface area contributed by atoms with Crippen molar-refractivity contribution in [1.29, 1.82) is 0 Å². The number of hydrogen-bond donors (Lipinski definition) is 0. The summed E-state index contributed by atoms with van der Waals surface area (Å²) in [6.45, 7) is 6.55. The molecule has 2 aromatic heterocycles. The lowest BCUT2D eigenvalue weighted by Gasteiger charge is -2.19. The lowest BCUT2D eigenvalue weighted by molar-refractivity contribution is 0.634. The van der Waals surface area contributed by atoms with Gasteiger partial charge in [-0.05, 0) is 66.6 Å². The Morgan fingerprint density at radius 1 is 0.926 bits per heavy atom. The predicted molar refractivity (Wildman–Crippen MR) is 112 cm³/mol. The zero-order chi connectivity index (χ0) is 18.8. The van der Waals surface area contributed by atoms with E-state index in [4.69, 9.17) is 0 Å². The molecular weight excluding hydrogens is 330 g/mol. The first-order valence-corrected chi connectivity index (χ1v) is 9.71. The van der Waals surface area contributed by atoms with Crippen LogP contribution < -0.4 is 0 Å². The Kier molecular flexibility index (Phi) is 4.76. The molecule has 3 heteroatoms. The van der Waals surface area contributed by atoms with Crippen molar-refractivity contribution in [3.8, 4) is 16.8 Å². The molecule has 27 heavy (non-hydrogen) atoms. The molecule has 0 saturated carbocycles. The molecule has 0 unspecified atom stereocenters. The lowest BCUT2D eigenvalue weighted by Crippen LogP contribution is -2.05. The van der Waals surface area contributed by atoms with Crippen LogP contribution >= 0.6 is 0 Å². The summed E-state index contributed by atoms with van der Waals surface area (Å²) in [5, 5.41) is 5.85. The van der Waals surface area contributed by atoms with Crippen LogP contribution in [0.25, 0.3) is 27.7 Å². The largest absolute Gasteiger partial charge is 0.256 e. The van der Waals surface area contributed by atoms with Crippen molar-refractivity contribution in [3.05, 3.63) is 78.2 Å². The molecule has 136 valence electrons. The summed E-state index contributed by atoms with van der Waals surface area (Å²) in [7, 11) is 0. The summed E-state index contributed by atoms with van der Waals surface area (Å²) >= 11 is 0. The minimum atomic E-state index is 0.539. The highest BCUT2D eigenvalue weighted by atomic mass is 15.3. The first-order valence-electron chi connectivity index (χ1n) is 9.71. The summed E-state index contributed by atoms with van der Waals surface area (Å²) in [5.74, 6) is 0.539. The number of benzene rings is 2. The van der Waals surface area contributed by atoms with Gasteiger partial charge in [0.25, 0.3) is 0 Å². The summed E-state index contributed by atoms with van der Waals surface area (Å²) in [6.07, 6.45) is 6.16. The fourth-order valence-corrected chi connectivity index (χ4v) is 3.79. The van der Waals surface area contributed by atoms with Crippen molar-refractivity contribution < 1.29 is 0 Å². The first-order chi connectivity index (χ1) is 13.2. The molecule has 0 spiro atoms. The van der Waals surface area contributed by atoms with Crippen LogP contribution in [0.4, 0.5) is 0 Å². The van der Waals surface area contributed by atoms with Gasteiger partial charge in [-0.25, -0.2) is 4.68 Å². The van der Waals surface area contributed by atoms with Crippen molar-refractivity contribution in [2.75, 3.05) is 0 Å². The number of aryl methyl sites for hydroxylation is 1. The molecule has 4 rings (SSSR count). The molecule has 2 heterocycles. The van der Waals surface area contributed by atoms with Crippen LogP contribution in [0.15, 0.2) is 67.0 Å². The van der Waals surface area contributed by atoms with Crippen LogP contribution in [0.5, 0.6) is 0 Å². The number of rotatable bonds is 5. The Morgan fingerprint density at radius 3 is 2.44 bits per heavy atom. The van der Waals surface area contributed by atoms with Gasteiger partial charge in [-0.1, -0.05) is 44.2 Å². The Morgan fingerprint density at radius 2 is 1.70 bits per heavy atom. The number of pyridine rings is 1. The maximum Gasteiger partial charge on any atom is 0.0708 e. The molecule has 2 aromatic carbocycles. The Balaban J connectivity index is 1.86. The average molecular weight is 355 g/mol. The molecule has 0 N–H and O–H groups in total. The fourth-order valence-electron chi connectivity index (χ4n) is 3.79. The van der Waals surface area contributed by atoms with E-state index >= 15 is 0 Å². The Hall–Kier alpha value is -2.94. The van der Waals surface area contributed by atoms with E-state index in [0.29, 0.717) is 5.92 Å². The van der Waals surface area contributed by atoms with Gasteiger partial charge in [0.2, 0.25) is 0 Å². The topological polar surface area (TPSA) is 30.7 Å². The molecule has 0 bridgehead atoms. The minimum absolute atomic E-state index is 0.539. The highest BCUT2D eigenvalue weighted by molar-refractivity contribution is 5.84. The molecular formula is C24H25N3. The Bertz CT molecular complexity index is 1070. The normalized spacial score (nSPS) is 11.4. The standard InChI is InChI=1S/C24H25N3/c1-4-18(5-2)22-11-10-21(16-24(22)27-14-12-17(3)26-27)20-9-8-19-7-6-13-25-23(19)15-20/h6-16,18H,4-5H2,1-3H3. The molecule has 0 fully saturated rings. The SMILES string of the molecule is CCC(CC)c1ccc(-c2ccc3cccnc3c2)cc1-n1ccc(C)n1. The van der Waals surface area contributed by atoms with Crippen LogP contribution in [0.1, 0.15) is 43.9 Å². The van der Waals surface area contributed by atoms with E-state index in [1.807, 2.05) is 23.9 Å². The predicted octanol–water partition coefficient (Wildman–Crippen LogP) is 6.30. The molecule has 0 aliphatic rings. The Labute approximate surface area is 160 Å². The molecule has 0 radical (unpaired) electrons. The number of hydrogen-bond acceptors (Lipinski definition) is 2. The first kappa shape index (κ1) is 17.5. The van der Waals surface area contributed by atoms with Gasteiger partial charge in [-0.15, -0.1) is 0 Å². The molecule has 0 saturated heterocycles. The van der Waals surface area contributed by atoms with Gasteiger partial charge in [0, 0.05) is 17.8 Å². The summed E-state index contributed by atoms with van der Waals surface area (Å²) in [5.41, 5.74) is 6.98. The lowest BCUT2D eigenvalue weighted by atomic mass is 9.90. The quantitative estimate of drug-likeness (QED) is 0.420. The van der Waals surface area contributed by atoms with Crippen molar-refractivity contribution in [2.24, 2.45) is 0 Å². The van der Waals surface area contributed by atoms with Crippen LogP contribution in [-0.4, -0.2) is 14.8 Å². The van der Waals surface area contributed by atoms with E-state index < -0.39 is 0 Å². The van der Waals surface area contributed by atoms with Crippen LogP contribution in [-0.2, 0) is 0 Å². The summed E-state index contributed by atoms with van der Waals surface area (Å²) in [4.78, 5) is 4.51. The summed E-state index contributed by atoms with van der Waals surface area (Å²) in [6, 6.07) is 19.4. The van der Waals surface area contributed by atoms with E-state index in [9.17, 15) is 0 Å². The van der Waals surface area contributed by atoms with Gasteiger partial charge >= 0.3 is 0 Å². The van der Waals surface area contributed by atoms with Crippen molar-refractivity contribution in [2.45, 2.75) is 39.5 Å². The molecule has 0 aliphatic carbocycles. The molecule has 3 nitrogen and oxygen atoms in total. The van der Waals surface area contributed by atoms with Gasteiger partial charge in [-0.3, -0.25) is 4.98 Å². The number of aromatic nitrogens is 3. The van der Waals surface area contributed by atoms with E-state index in [-0.39, 0.29) is 0 Å². The van der Waals surface area contributed by atoms with E-state index in [1.54, 1.807) is 0 Å². The van der Waals surface area contributed by atoms with Gasteiger partial charge in [-0.2, -0.15) is 5.10 Å². The van der Waals surface area contributed by atoms with Gasteiger partial charge in [0.15, 0.2) is 0 Å². The average Bonchev–Trinajstić information content (AvgIpc) is 3.15. The number of nitrogens with zero attached hydrogens (tertiary/aromatic N) is 3. The smallest absolute Gasteiger partial charge is 0.0708 e. The maximum atomic E-state index is 4.68. The van der Waals surface area contributed by atoms with Gasteiger partial charge < -0.3 is 0 Å².